The number of nitrogens with one attached hydrogen (secondary N) is 11. The van der Waals surface area contributed by atoms with Crippen LogP contribution in [0.15, 0.2) is 60.9 Å². The van der Waals surface area contributed by atoms with Crippen LogP contribution in [0.2, 0.25) is 0 Å². The number of aromatic amines is 2. The van der Waals surface area contributed by atoms with Gasteiger partial charge >= 0.3 is 0 Å². The number of hydrogen-bond acceptors (Lipinski definition) is 14. The summed E-state index contributed by atoms with van der Waals surface area (Å²) in [6.07, 6.45) is 1.13. The Bertz CT molecular complexity index is 2980. The second-order valence-electron chi connectivity index (χ2n) is 20.4. The van der Waals surface area contributed by atoms with Crippen LogP contribution in [0, 0.1) is 11.8 Å². The fourth-order valence-electron chi connectivity index (χ4n) is 8.56. The minimum absolute atomic E-state index is 0.123. The van der Waals surface area contributed by atoms with Crippen molar-refractivity contribution in [2.24, 2.45) is 34.8 Å². The summed E-state index contributed by atoms with van der Waals surface area (Å²) in [4.78, 5) is 165. The maximum absolute atomic E-state index is 14.4. The molecule has 12 unspecified atom stereocenters. The molecule has 2 aromatic carbocycles. The molecule has 82 heavy (non-hydrogen) atoms. The number of benzene rings is 2. The molecule has 20 N–H and O–H groups in total. The molecule has 0 aliphatic rings. The van der Waals surface area contributed by atoms with Gasteiger partial charge in [0.1, 0.15) is 54.4 Å². The van der Waals surface area contributed by atoms with E-state index < -0.39 is 163 Å². The van der Waals surface area contributed by atoms with Crippen LogP contribution in [0.1, 0.15) is 85.3 Å². The summed E-state index contributed by atoms with van der Waals surface area (Å²) in [6.45, 7) is 9.99. The summed E-state index contributed by atoms with van der Waals surface area (Å²) in [7, 11) is 0. The Balaban J connectivity index is 1.49. The number of rotatable bonds is 32. The van der Waals surface area contributed by atoms with Gasteiger partial charge in [-0.15, -0.1) is 0 Å². The number of fused-ring (bicyclic) bond motifs is 2. The first-order valence-electron chi connectivity index (χ1n) is 26.7. The Morgan fingerprint density at radius 2 is 0.890 bits per heavy atom. The van der Waals surface area contributed by atoms with Gasteiger partial charge in [-0.05, 0) is 55.9 Å². The Hall–Kier alpha value is -8.92. The summed E-state index contributed by atoms with van der Waals surface area (Å²) in [5.41, 5.74) is 24.4. The Kier molecular flexibility index (Phi) is 24.5. The van der Waals surface area contributed by atoms with E-state index in [1.165, 1.54) is 20.8 Å². The van der Waals surface area contributed by atoms with E-state index in [9.17, 15) is 62.6 Å². The number of aromatic nitrogens is 2. The monoisotopic (exact) mass is 1140 g/mol. The van der Waals surface area contributed by atoms with Crippen LogP contribution in [-0.2, 0) is 70.4 Å². The van der Waals surface area contributed by atoms with Crippen molar-refractivity contribution < 1.29 is 62.6 Å². The molecule has 12 amide bonds. The minimum Gasteiger partial charge on any atom is -0.391 e. The van der Waals surface area contributed by atoms with Crippen LogP contribution < -0.4 is 70.8 Å². The number of aliphatic hydroxyl groups excluding tert-OH is 1. The van der Waals surface area contributed by atoms with E-state index in [1.54, 1.807) is 82.6 Å². The van der Waals surface area contributed by atoms with Gasteiger partial charge < -0.3 is 85.9 Å². The fourth-order valence-corrected chi connectivity index (χ4v) is 8.56. The third-order valence-corrected chi connectivity index (χ3v) is 13.9. The maximum Gasteiger partial charge on any atom is 0.243 e. The van der Waals surface area contributed by atoms with Crippen LogP contribution in [0.3, 0.4) is 0 Å². The van der Waals surface area contributed by atoms with Gasteiger partial charge in [-0.25, -0.2) is 0 Å². The van der Waals surface area contributed by atoms with Crippen LogP contribution in [0.4, 0.5) is 0 Å². The Labute approximate surface area is 472 Å². The van der Waals surface area contributed by atoms with Crippen molar-refractivity contribution in [2.75, 3.05) is 6.54 Å². The van der Waals surface area contributed by atoms with Gasteiger partial charge in [0.2, 0.25) is 70.9 Å². The third kappa shape index (κ3) is 18.9. The van der Waals surface area contributed by atoms with Crippen LogP contribution in [-0.4, -0.2) is 153 Å². The molecular formula is C54H77N15O13. The number of amides is 12. The highest BCUT2D eigenvalue weighted by Gasteiger charge is 2.36. The average molecular weight is 1140 g/mol. The molecule has 4 aromatic rings. The molecule has 0 aliphatic carbocycles. The lowest BCUT2D eigenvalue weighted by atomic mass is 9.97. The lowest BCUT2D eigenvalue weighted by Crippen LogP contribution is -2.60. The smallest absolute Gasteiger partial charge is 0.243 e. The third-order valence-electron chi connectivity index (χ3n) is 13.9. The second-order valence-corrected chi connectivity index (χ2v) is 20.4. The zero-order chi connectivity index (χ0) is 61.1. The molecule has 446 valence electrons. The molecule has 4 rings (SSSR count). The van der Waals surface area contributed by atoms with Gasteiger partial charge in [-0.1, -0.05) is 76.9 Å². The predicted octanol–water partition coefficient (Wildman–Crippen LogP) is -3.49. The molecule has 0 fully saturated rings. The minimum atomic E-state index is -1.58. The zero-order valence-corrected chi connectivity index (χ0v) is 46.8. The second kappa shape index (κ2) is 30.6. The average Bonchev–Trinajstić information content (AvgIpc) is 4.22. The largest absolute Gasteiger partial charge is 0.391 e. The van der Waals surface area contributed by atoms with E-state index in [4.69, 9.17) is 22.9 Å². The molecule has 0 spiro atoms. The summed E-state index contributed by atoms with van der Waals surface area (Å²) >= 11 is 0. The van der Waals surface area contributed by atoms with Crippen molar-refractivity contribution in [1.29, 1.82) is 0 Å². The number of nitrogens with two attached hydrogens (primary N) is 4. The molecular weight excluding hydrogens is 1070 g/mol. The summed E-state index contributed by atoms with van der Waals surface area (Å²) in [6, 6.07) is 1.76. The highest BCUT2D eigenvalue weighted by Crippen LogP contribution is 2.21. The van der Waals surface area contributed by atoms with Crippen LogP contribution in [0.5, 0.6) is 0 Å². The molecule has 0 radical (unpaired) electrons. The molecule has 0 saturated carbocycles. The number of para-hydroxylation sites is 2. The SMILES string of the molecule is CCC(C)C(NC(=O)CNC(=O)C(C)NC(=O)C(NC(=O)C(CC(N)=O)NC(=O)C(N)C(C)O)C(C)CC)C(=O)NC(Cc1c[nH]c2ccccc12)C(=O)NC(C)C(=O)NC(Cc1c[nH]c2ccccc12)C(=O)NC(CC(N)=O)C(N)=O. The van der Waals surface area contributed by atoms with Gasteiger partial charge in [0.25, 0.3) is 0 Å². The Morgan fingerprint density at radius 3 is 1.38 bits per heavy atom. The summed E-state index contributed by atoms with van der Waals surface area (Å²) < 4.78 is 0. The first-order chi connectivity index (χ1) is 38.6. The molecule has 0 saturated heterocycles. The number of primary amides is 3. The fraction of sp³-hybridized carbons (Fsp3) is 0.481. The number of carbonyl (C=O) groups is 12. The first-order valence-corrected chi connectivity index (χ1v) is 26.7. The van der Waals surface area contributed by atoms with E-state index in [1.807, 2.05) is 6.07 Å². The summed E-state index contributed by atoms with van der Waals surface area (Å²) in [5, 5.41) is 33.8. The maximum atomic E-state index is 14.4. The van der Waals surface area contributed by atoms with Gasteiger partial charge in [0.05, 0.1) is 25.5 Å². The molecule has 12 atom stereocenters. The Morgan fingerprint density at radius 1 is 0.488 bits per heavy atom. The number of hydrogen-bond donors (Lipinski definition) is 16. The van der Waals surface area contributed by atoms with Gasteiger partial charge in [-0.3, -0.25) is 57.5 Å². The number of H-pyrrole nitrogens is 2. The highest BCUT2D eigenvalue weighted by atomic mass is 16.3. The topological polar surface area (TPSA) is 469 Å². The van der Waals surface area contributed by atoms with Crippen molar-refractivity contribution in [2.45, 2.75) is 147 Å². The zero-order valence-electron chi connectivity index (χ0n) is 46.8. The quantitative estimate of drug-likeness (QED) is 0.0226. The van der Waals surface area contributed by atoms with E-state index in [2.05, 4.69) is 57.8 Å². The molecule has 28 heteroatoms. The van der Waals surface area contributed by atoms with Crippen molar-refractivity contribution in [1.82, 2.24) is 57.8 Å². The van der Waals surface area contributed by atoms with Crippen LogP contribution in [0.25, 0.3) is 21.8 Å². The normalized spacial score (nSPS) is 15.6. The number of carbonyl (C=O) groups excluding carboxylic acids is 12. The molecule has 2 heterocycles. The van der Waals surface area contributed by atoms with Crippen LogP contribution >= 0.6 is 0 Å². The first kappa shape index (κ1) is 65.6. The van der Waals surface area contributed by atoms with E-state index in [-0.39, 0.29) is 12.8 Å². The lowest BCUT2D eigenvalue weighted by molar-refractivity contribution is -0.136. The highest BCUT2D eigenvalue weighted by molar-refractivity contribution is 6.00. The molecule has 0 bridgehead atoms. The molecule has 28 nitrogen and oxygen atoms in total. The standard InChI is InChI=1S/C54H77N15O13/c1-8-25(3)44(68-42(73)24-61-47(75)27(5)63-53(81)45(26(4)9-2)69-51(79)39(21-41(56)72)66-52(80)43(57)29(7)70)54(82)67-37(18-30-22-59-34-16-12-10-14-32(30)34)49(77)62-28(6)48(76)65-38(50(78)64-36(46(58)74)20-40(55)71)19-31-23-60-35-17-13-11-15-33(31)35/h10-17,22-23,25-29,36-39,43-45,59-60,70H,8-9,18-21,24,57H2,1-7H3,(H2,55,71)(H2,56,72)(H2,58,74)(H,61,75)(H,62,77)(H,63,81)(H,64,78)(H,65,76)(H,66,80)(H,67,82)(H,68,73)(H,69,79). The van der Waals surface area contributed by atoms with E-state index in [0.29, 0.717) is 24.0 Å². The lowest BCUT2D eigenvalue weighted by Gasteiger charge is -2.28. The van der Waals surface area contributed by atoms with Crippen molar-refractivity contribution in [3.8, 4) is 0 Å². The van der Waals surface area contributed by atoms with Gasteiger partial charge in [-0.2, -0.15) is 0 Å². The van der Waals surface area contributed by atoms with Crippen molar-refractivity contribution >= 4 is 92.7 Å². The number of aliphatic hydroxyl groups is 1. The van der Waals surface area contributed by atoms with Crippen molar-refractivity contribution in [3.05, 3.63) is 72.1 Å². The van der Waals surface area contributed by atoms with E-state index in [0.717, 1.165) is 21.8 Å². The van der Waals surface area contributed by atoms with Crippen molar-refractivity contribution in [3.63, 3.8) is 0 Å². The summed E-state index contributed by atoms with van der Waals surface area (Å²) in [5.74, 6) is -11.9. The predicted molar refractivity (Wildman–Crippen MR) is 299 cm³/mol. The molecule has 0 aliphatic heterocycles. The van der Waals surface area contributed by atoms with Gasteiger partial charge in [0, 0.05) is 47.0 Å². The van der Waals surface area contributed by atoms with Gasteiger partial charge in [0.15, 0.2) is 0 Å². The molecule has 2 aromatic heterocycles. The van der Waals surface area contributed by atoms with E-state index >= 15 is 0 Å².